The molecule has 132 valence electrons. The number of nitrogens with one attached hydrogen (secondary N) is 2. The van der Waals surface area contributed by atoms with Crippen LogP contribution < -0.4 is 5.32 Å². The molecule has 0 aliphatic heterocycles. The van der Waals surface area contributed by atoms with Crippen molar-refractivity contribution in [1.82, 2.24) is 4.98 Å². The first-order valence-electron chi connectivity index (χ1n) is 7.80. The Labute approximate surface area is 148 Å². The lowest BCUT2D eigenvalue weighted by atomic mass is 10.2. The molecule has 7 heteroatoms. The standard InChI is InChI=1S/C19H16N2O5/c1-25-18(23)12-6-8-13(9-7-12)21-17(22)11-26-19(24)15-10-20-16-5-3-2-4-14(15)16/h2-10,20H,11H2,1H3,(H,21,22). The van der Waals surface area contributed by atoms with Crippen LogP contribution in [0.5, 0.6) is 0 Å². The minimum atomic E-state index is -0.585. The van der Waals surface area contributed by atoms with Gasteiger partial charge in [-0.05, 0) is 30.3 Å². The summed E-state index contributed by atoms with van der Waals surface area (Å²) >= 11 is 0. The number of para-hydroxylation sites is 1. The van der Waals surface area contributed by atoms with E-state index in [9.17, 15) is 14.4 Å². The first-order valence-corrected chi connectivity index (χ1v) is 7.80. The fourth-order valence-electron chi connectivity index (χ4n) is 2.45. The number of methoxy groups -OCH3 is 1. The van der Waals surface area contributed by atoms with Gasteiger partial charge in [0.05, 0.1) is 18.2 Å². The van der Waals surface area contributed by atoms with Crippen molar-refractivity contribution in [3.05, 3.63) is 65.9 Å². The largest absolute Gasteiger partial charge is 0.465 e. The number of H-pyrrole nitrogens is 1. The zero-order valence-corrected chi connectivity index (χ0v) is 13.9. The summed E-state index contributed by atoms with van der Waals surface area (Å²) in [4.78, 5) is 38.4. The van der Waals surface area contributed by atoms with Gasteiger partial charge in [-0.15, -0.1) is 0 Å². The maximum Gasteiger partial charge on any atom is 0.340 e. The van der Waals surface area contributed by atoms with Crippen LogP contribution in [0, 0.1) is 0 Å². The quantitative estimate of drug-likeness (QED) is 0.688. The van der Waals surface area contributed by atoms with E-state index in [2.05, 4.69) is 15.0 Å². The van der Waals surface area contributed by atoms with E-state index in [4.69, 9.17) is 4.74 Å². The molecule has 1 heterocycles. The average Bonchev–Trinajstić information content (AvgIpc) is 3.10. The maximum absolute atomic E-state index is 12.2. The van der Waals surface area contributed by atoms with Crippen LogP contribution in [0.25, 0.3) is 10.9 Å². The van der Waals surface area contributed by atoms with Crippen LogP contribution in [0.4, 0.5) is 5.69 Å². The van der Waals surface area contributed by atoms with Gasteiger partial charge in [-0.3, -0.25) is 4.79 Å². The summed E-state index contributed by atoms with van der Waals surface area (Å²) in [5.41, 5.74) is 2.03. The highest BCUT2D eigenvalue weighted by atomic mass is 16.5. The van der Waals surface area contributed by atoms with Gasteiger partial charge < -0.3 is 19.8 Å². The lowest BCUT2D eigenvalue weighted by molar-refractivity contribution is -0.119. The molecule has 2 N–H and O–H groups in total. The summed E-state index contributed by atoms with van der Waals surface area (Å²) in [5.74, 6) is -1.53. The third-order valence-electron chi connectivity index (χ3n) is 3.73. The molecule has 2 aromatic carbocycles. The van der Waals surface area contributed by atoms with Crippen molar-refractivity contribution in [2.75, 3.05) is 19.0 Å². The van der Waals surface area contributed by atoms with Gasteiger partial charge in [-0.2, -0.15) is 0 Å². The van der Waals surface area contributed by atoms with Gasteiger partial charge in [-0.1, -0.05) is 18.2 Å². The Hall–Kier alpha value is -3.61. The molecular formula is C19H16N2O5. The molecule has 0 aliphatic rings. The van der Waals surface area contributed by atoms with Crippen molar-refractivity contribution in [1.29, 1.82) is 0 Å². The maximum atomic E-state index is 12.2. The molecule has 0 radical (unpaired) electrons. The normalized spacial score (nSPS) is 10.3. The number of amides is 1. The third-order valence-corrected chi connectivity index (χ3v) is 3.73. The molecule has 1 aromatic heterocycles. The second kappa shape index (κ2) is 7.52. The average molecular weight is 352 g/mol. The Balaban J connectivity index is 1.57. The second-order valence-corrected chi connectivity index (χ2v) is 5.44. The number of esters is 2. The van der Waals surface area contributed by atoms with Gasteiger partial charge >= 0.3 is 11.9 Å². The highest BCUT2D eigenvalue weighted by molar-refractivity contribution is 6.05. The molecule has 0 fully saturated rings. The van der Waals surface area contributed by atoms with Gasteiger partial charge in [0.15, 0.2) is 6.61 Å². The molecule has 0 aliphatic carbocycles. The fourth-order valence-corrected chi connectivity index (χ4v) is 2.45. The number of ether oxygens (including phenoxy) is 2. The van der Waals surface area contributed by atoms with Crippen molar-refractivity contribution in [3.8, 4) is 0 Å². The first kappa shape index (κ1) is 17.2. The van der Waals surface area contributed by atoms with Crippen LogP contribution in [0.1, 0.15) is 20.7 Å². The van der Waals surface area contributed by atoms with Gasteiger partial charge in [0.25, 0.3) is 5.91 Å². The topological polar surface area (TPSA) is 97.5 Å². The smallest absolute Gasteiger partial charge is 0.340 e. The molecule has 3 rings (SSSR count). The first-order chi connectivity index (χ1) is 12.6. The monoisotopic (exact) mass is 352 g/mol. The van der Waals surface area contributed by atoms with E-state index in [1.807, 2.05) is 18.2 Å². The number of aromatic amines is 1. The Kier molecular flexibility index (Phi) is 4.98. The van der Waals surface area contributed by atoms with E-state index in [0.717, 1.165) is 10.9 Å². The van der Waals surface area contributed by atoms with Crippen LogP contribution in [0.3, 0.4) is 0 Å². The summed E-state index contributed by atoms with van der Waals surface area (Å²) in [7, 11) is 1.29. The highest BCUT2D eigenvalue weighted by Crippen LogP contribution is 2.18. The zero-order valence-electron chi connectivity index (χ0n) is 13.9. The number of carbonyl (C=O) groups excluding carboxylic acids is 3. The summed E-state index contributed by atoms with van der Waals surface area (Å²) in [6.45, 7) is -0.420. The molecule has 7 nitrogen and oxygen atoms in total. The van der Waals surface area contributed by atoms with E-state index >= 15 is 0 Å². The Morgan fingerprint density at radius 3 is 2.46 bits per heavy atom. The lowest BCUT2D eigenvalue weighted by Crippen LogP contribution is -2.20. The van der Waals surface area contributed by atoms with Crippen molar-refractivity contribution >= 4 is 34.4 Å². The lowest BCUT2D eigenvalue weighted by Gasteiger charge is -2.07. The number of anilines is 1. The number of aromatic nitrogens is 1. The third kappa shape index (κ3) is 3.72. The van der Waals surface area contributed by atoms with E-state index in [-0.39, 0.29) is 0 Å². The van der Waals surface area contributed by atoms with E-state index in [1.54, 1.807) is 24.4 Å². The SMILES string of the molecule is COC(=O)c1ccc(NC(=O)COC(=O)c2c[nH]c3ccccc23)cc1. The van der Waals surface area contributed by atoms with Crippen LogP contribution >= 0.6 is 0 Å². The summed E-state index contributed by atoms with van der Waals surface area (Å²) in [6.07, 6.45) is 1.55. The number of benzene rings is 2. The van der Waals surface area contributed by atoms with Gasteiger partial charge in [0.2, 0.25) is 0 Å². The molecule has 0 spiro atoms. The van der Waals surface area contributed by atoms with Crippen LogP contribution in [-0.4, -0.2) is 36.5 Å². The fraction of sp³-hybridized carbons (Fsp3) is 0.105. The van der Waals surface area contributed by atoms with Crippen LogP contribution in [0.2, 0.25) is 0 Å². The van der Waals surface area contributed by atoms with Crippen molar-refractivity contribution in [2.24, 2.45) is 0 Å². The Morgan fingerprint density at radius 2 is 1.73 bits per heavy atom. The predicted octanol–water partition coefficient (Wildman–Crippen LogP) is 2.75. The van der Waals surface area contributed by atoms with E-state index in [1.165, 1.54) is 19.2 Å². The number of carbonyl (C=O) groups is 3. The minimum Gasteiger partial charge on any atom is -0.465 e. The highest BCUT2D eigenvalue weighted by Gasteiger charge is 2.15. The number of hydrogen-bond donors (Lipinski definition) is 2. The van der Waals surface area contributed by atoms with Crippen molar-refractivity contribution in [2.45, 2.75) is 0 Å². The molecule has 0 saturated carbocycles. The molecule has 0 unspecified atom stereocenters. The van der Waals surface area contributed by atoms with E-state index < -0.39 is 24.5 Å². The van der Waals surface area contributed by atoms with Crippen molar-refractivity contribution in [3.63, 3.8) is 0 Å². The molecular weight excluding hydrogens is 336 g/mol. The predicted molar refractivity (Wildman–Crippen MR) is 95.0 cm³/mol. The zero-order chi connectivity index (χ0) is 18.5. The number of hydrogen-bond acceptors (Lipinski definition) is 5. The number of rotatable bonds is 5. The van der Waals surface area contributed by atoms with E-state index in [0.29, 0.717) is 16.8 Å². The minimum absolute atomic E-state index is 0.371. The summed E-state index contributed by atoms with van der Waals surface area (Å²) in [5, 5.41) is 3.32. The molecule has 0 bridgehead atoms. The molecule has 0 atom stereocenters. The van der Waals surface area contributed by atoms with Crippen molar-refractivity contribution < 1.29 is 23.9 Å². The molecule has 1 amide bonds. The molecule has 26 heavy (non-hydrogen) atoms. The van der Waals surface area contributed by atoms with Gasteiger partial charge in [0.1, 0.15) is 0 Å². The Morgan fingerprint density at radius 1 is 1.00 bits per heavy atom. The number of fused-ring (bicyclic) bond motifs is 1. The summed E-state index contributed by atoms with van der Waals surface area (Å²) in [6, 6.07) is 13.5. The van der Waals surface area contributed by atoms with Gasteiger partial charge in [0, 0.05) is 22.8 Å². The van der Waals surface area contributed by atoms with Gasteiger partial charge in [-0.25, -0.2) is 9.59 Å². The second-order valence-electron chi connectivity index (χ2n) is 5.44. The molecule has 3 aromatic rings. The van der Waals surface area contributed by atoms with Crippen LogP contribution in [0.15, 0.2) is 54.7 Å². The van der Waals surface area contributed by atoms with Crippen LogP contribution in [-0.2, 0) is 14.3 Å². The molecule has 0 saturated heterocycles. The Bertz CT molecular complexity index is 959. The summed E-state index contributed by atoms with van der Waals surface area (Å²) < 4.78 is 9.66.